The molecular formula is C56H107NO13. The van der Waals surface area contributed by atoms with E-state index < -0.39 is 86.8 Å². The minimum Gasteiger partial charge on any atom is -0.394 e. The van der Waals surface area contributed by atoms with Crippen LogP contribution in [0.4, 0.5) is 0 Å². The first-order valence-corrected chi connectivity index (χ1v) is 28.9. The number of ether oxygens (including phenoxy) is 4. The minimum absolute atomic E-state index is 0.236. The second-order valence-electron chi connectivity index (χ2n) is 20.8. The molecule has 14 nitrogen and oxygen atoms in total. The summed E-state index contributed by atoms with van der Waals surface area (Å²) in [6.07, 6.45) is 31.1. The van der Waals surface area contributed by atoms with Crippen molar-refractivity contribution in [2.24, 2.45) is 0 Å². The van der Waals surface area contributed by atoms with E-state index in [1.807, 2.05) is 6.08 Å². The van der Waals surface area contributed by atoms with E-state index >= 15 is 0 Å². The van der Waals surface area contributed by atoms with Crippen molar-refractivity contribution in [3.8, 4) is 0 Å². The Hall–Kier alpha value is -1.27. The second-order valence-corrected chi connectivity index (χ2v) is 20.8. The van der Waals surface area contributed by atoms with Crippen LogP contribution in [0, 0.1) is 0 Å². The molecule has 9 N–H and O–H groups in total. The van der Waals surface area contributed by atoms with E-state index in [2.05, 4.69) is 19.2 Å². The maximum atomic E-state index is 13.2. The normalized spacial score (nSPS) is 26.0. The Kier molecular flexibility index (Phi) is 39.9. The van der Waals surface area contributed by atoms with Crippen LogP contribution >= 0.6 is 0 Å². The number of aliphatic hydroxyl groups is 8. The standard InChI is InChI=1S/C56H107NO13/c1-3-5-7-9-11-13-15-17-18-19-20-21-22-23-24-25-26-28-29-31-33-35-37-39-45(60)44(57-48(61)40-38-36-34-32-30-27-16-14-12-10-8-6-4-2)43-67-55-53(66)51(64)54(47(42-59)69-55)70-56-52(65)50(63)49(62)46(41-58)68-56/h37,39,44-47,49-56,58-60,62-66H,3-36,38,40-43H2,1-2H3,(H,57,61)/b39-37+. The summed E-state index contributed by atoms with van der Waals surface area (Å²) < 4.78 is 22.7. The Labute approximate surface area is 425 Å². The van der Waals surface area contributed by atoms with Crippen LogP contribution in [0.1, 0.15) is 245 Å². The summed E-state index contributed by atoms with van der Waals surface area (Å²) in [5, 5.41) is 87.0. The predicted molar refractivity (Wildman–Crippen MR) is 277 cm³/mol. The van der Waals surface area contributed by atoms with Gasteiger partial charge < -0.3 is 65.1 Å². The van der Waals surface area contributed by atoms with Crippen LogP contribution in [0.15, 0.2) is 12.2 Å². The summed E-state index contributed by atoms with van der Waals surface area (Å²) in [5.41, 5.74) is 0. The number of nitrogens with one attached hydrogen (secondary N) is 1. The van der Waals surface area contributed by atoms with Gasteiger partial charge in [0.15, 0.2) is 12.6 Å². The van der Waals surface area contributed by atoms with Gasteiger partial charge in [0.05, 0.1) is 32.0 Å². The van der Waals surface area contributed by atoms with Crippen molar-refractivity contribution in [1.29, 1.82) is 0 Å². The molecule has 414 valence electrons. The molecule has 12 unspecified atom stereocenters. The molecule has 12 atom stereocenters. The van der Waals surface area contributed by atoms with Gasteiger partial charge in [0.25, 0.3) is 0 Å². The Bertz CT molecular complexity index is 1230. The molecule has 2 aliphatic heterocycles. The van der Waals surface area contributed by atoms with Crippen molar-refractivity contribution < 1.29 is 64.6 Å². The average Bonchev–Trinajstić information content (AvgIpc) is 3.36. The van der Waals surface area contributed by atoms with Crippen LogP contribution in [0.3, 0.4) is 0 Å². The third kappa shape index (κ3) is 29.0. The molecule has 0 bridgehead atoms. The number of hydrogen-bond donors (Lipinski definition) is 9. The SMILES string of the molecule is CCCCCCCCCCCCCCCCCCCCCCC/C=C/C(O)C(COC1OC(CO)C(OC2OC(CO)C(O)C(O)C2O)C(O)C1O)NC(=O)CCCCCCCCCCCCCCC. The lowest BCUT2D eigenvalue weighted by Crippen LogP contribution is -2.65. The lowest BCUT2D eigenvalue weighted by atomic mass is 9.97. The number of unbranched alkanes of at least 4 members (excludes halogenated alkanes) is 33. The quantitative estimate of drug-likeness (QED) is 0.0205. The fraction of sp³-hybridized carbons (Fsp3) is 0.946. The Balaban J connectivity index is 1.76. The molecule has 70 heavy (non-hydrogen) atoms. The number of carbonyl (C=O) groups is 1. The molecule has 2 saturated heterocycles. The third-order valence-electron chi connectivity index (χ3n) is 14.5. The van der Waals surface area contributed by atoms with E-state index in [1.165, 1.54) is 180 Å². The van der Waals surface area contributed by atoms with E-state index in [9.17, 15) is 45.6 Å². The van der Waals surface area contributed by atoms with Crippen LogP contribution in [-0.2, 0) is 23.7 Å². The van der Waals surface area contributed by atoms with Gasteiger partial charge >= 0.3 is 0 Å². The molecule has 0 aromatic heterocycles. The van der Waals surface area contributed by atoms with Gasteiger partial charge in [0.1, 0.15) is 48.8 Å². The largest absolute Gasteiger partial charge is 0.394 e. The van der Waals surface area contributed by atoms with E-state index in [4.69, 9.17) is 18.9 Å². The fourth-order valence-electron chi connectivity index (χ4n) is 9.76. The van der Waals surface area contributed by atoms with Crippen molar-refractivity contribution in [2.45, 2.75) is 319 Å². The topological polar surface area (TPSA) is 228 Å². The first kappa shape index (κ1) is 64.8. The lowest BCUT2D eigenvalue weighted by Gasteiger charge is -2.46. The molecule has 2 fully saturated rings. The molecule has 0 aromatic carbocycles. The number of hydrogen-bond acceptors (Lipinski definition) is 13. The van der Waals surface area contributed by atoms with Gasteiger partial charge in [0.2, 0.25) is 5.91 Å². The highest BCUT2D eigenvalue weighted by molar-refractivity contribution is 5.76. The highest BCUT2D eigenvalue weighted by Gasteiger charge is 2.51. The minimum atomic E-state index is -1.78. The zero-order chi connectivity index (χ0) is 51.0. The van der Waals surface area contributed by atoms with Crippen molar-refractivity contribution in [3.05, 3.63) is 12.2 Å². The first-order valence-electron chi connectivity index (χ1n) is 28.9. The summed E-state index contributed by atoms with van der Waals surface area (Å²) in [5.74, 6) is -0.236. The van der Waals surface area contributed by atoms with Crippen LogP contribution < -0.4 is 5.32 Å². The van der Waals surface area contributed by atoms with Crippen molar-refractivity contribution in [3.63, 3.8) is 0 Å². The maximum Gasteiger partial charge on any atom is 0.220 e. The average molecular weight is 1000 g/mol. The van der Waals surface area contributed by atoms with Gasteiger partial charge in [0, 0.05) is 6.42 Å². The number of amides is 1. The van der Waals surface area contributed by atoms with E-state index in [-0.39, 0.29) is 18.9 Å². The Morgan fingerprint density at radius 1 is 0.500 bits per heavy atom. The summed E-state index contributed by atoms with van der Waals surface area (Å²) in [4.78, 5) is 13.2. The summed E-state index contributed by atoms with van der Waals surface area (Å²) >= 11 is 0. The van der Waals surface area contributed by atoms with Gasteiger partial charge in [-0.05, 0) is 19.3 Å². The van der Waals surface area contributed by atoms with Crippen LogP contribution in [0.25, 0.3) is 0 Å². The lowest BCUT2D eigenvalue weighted by molar-refractivity contribution is -0.359. The van der Waals surface area contributed by atoms with Crippen LogP contribution in [0.2, 0.25) is 0 Å². The zero-order valence-electron chi connectivity index (χ0n) is 44.3. The third-order valence-corrected chi connectivity index (χ3v) is 14.5. The molecule has 14 heteroatoms. The smallest absolute Gasteiger partial charge is 0.220 e. The highest BCUT2D eigenvalue weighted by atomic mass is 16.7. The van der Waals surface area contributed by atoms with Crippen LogP contribution in [-0.4, -0.2) is 140 Å². The fourth-order valence-corrected chi connectivity index (χ4v) is 9.76. The highest BCUT2D eigenvalue weighted by Crippen LogP contribution is 2.30. The van der Waals surface area contributed by atoms with Gasteiger partial charge in [-0.1, -0.05) is 231 Å². The summed E-state index contributed by atoms with van der Waals surface area (Å²) in [6.45, 7) is 2.81. The van der Waals surface area contributed by atoms with Crippen molar-refractivity contribution in [1.82, 2.24) is 5.32 Å². The number of rotatable bonds is 46. The van der Waals surface area contributed by atoms with Crippen LogP contribution in [0.5, 0.6) is 0 Å². The number of carbonyl (C=O) groups excluding carboxylic acids is 1. The molecular weight excluding hydrogens is 895 g/mol. The maximum absolute atomic E-state index is 13.2. The molecule has 0 spiro atoms. The predicted octanol–water partition coefficient (Wildman–Crippen LogP) is 9.11. The first-order chi connectivity index (χ1) is 34.1. The van der Waals surface area contributed by atoms with E-state index in [1.54, 1.807) is 6.08 Å². The second kappa shape index (κ2) is 43.0. The monoisotopic (exact) mass is 1000 g/mol. The molecule has 0 aliphatic carbocycles. The van der Waals surface area contributed by atoms with Gasteiger partial charge in [-0.3, -0.25) is 4.79 Å². The number of aliphatic hydroxyl groups excluding tert-OH is 8. The van der Waals surface area contributed by atoms with Crippen molar-refractivity contribution in [2.75, 3.05) is 19.8 Å². The van der Waals surface area contributed by atoms with Crippen molar-refractivity contribution >= 4 is 5.91 Å². The molecule has 2 aliphatic rings. The molecule has 2 rings (SSSR count). The Morgan fingerprint density at radius 2 is 0.886 bits per heavy atom. The van der Waals surface area contributed by atoms with E-state index in [0.717, 1.165) is 38.5 Å². The molecule has 0 saturated carbocycles. The van der Waals surface area contributed by atoms with Gasteiger partial charge in [-0.2, -0.15) is 0 Å². The Morgan fingerprint density at radius 3 is 1.31 bits per heavy atom. The molecule has 1 amide bonds. The zero-order valence-corrected chi connectivity index (χ0v) is 44.3. The number of allylic oxidation sites excluding steroid dienone is 1. The summed E-state index contributed by atoms with van der Waals surface area (Å²) in [7, 11) is 0. The molecule has 2 heterocycles. The summed E-state index contributed by atoms with van der Waals surface area (Å²) in [6, 6.07) is -0.908. The van der Waals surface area contributed by atoms with Gasteiger partial charge in [-0.15, -0.1) is 0 Å². The van der Waals surface area contributed by atoms with Gasteiger partial charge in [-0.25, -0.2) is 0 Å². The molecule has 0 aromatic rings. The molecule has 0 radical (unpaired) electrons. The van der Waals surface area contributed by atoms with E-state index in [0.29, 0.717) is 6.42 Å².